The number of rotatable bonds is 6. The van der Waals surface area contributed by atoms with Crippen LogP contribution in [-0.4, -0.2) is 40.4 Å². The molecule has 0 spiro atoms. The van der Waals surface area contributed by atoms with E-state index in [1.807, 2.05) is 0 Å². The lowest BCUT2D eigenvalue weighted by molar-refractivity contribution is 0.198. The average Bonchev–Trinajstić information content (AvgIpc) is 2.35. The Hall–Kier alpha value is -1.31. The molecule has 0 radical (unpaired) electrons. The van der Waals surface area contributed by atoms with E-state index >= 15 is 0 Å². The van der Waals surface area contributed by atoms with E-state index in [4.69, 9.17) is 14.6 Å². The molecule has 0 aromatic heterocycles. The van der Waals surface area contributed by atoms with Gasteiger partial charge in [0.1, 0.15) is 16.4 Å². The van der Waals surface area contributed by atoms with Crippen LogP contribution in [0.1, 0.15) is 6.92 Å². The molecule has 6 nitrogen and oxygen atoms in total. The number of methoxy groups -OCH3 is 2. The standard InChI is InChI=1S/C11H17NO5S/c1-8(13)7-12-18(14,15)11-6-9(16-2)4-5-10(11)17-3/h4-6,8,12-13H,7H2,1-3H3/t8-/m1/s1. The van der Waals surface area contributed by atoms with Gasteiger partial charge < -0.3 is 14.6 Å². The van der Waals surface area contributed by atoms with Gasteiger partial charge in [-0.1, -0.05) is 0 Å². The molecule has 18 heavy (non-hydrogen) atoms. The molecule has 0 saturated heterocycles. The van der Waals surface area contributed by atoms with Crippen LogP contribution >= 0.6 is 0 Å². The van der Waals surface area contributed by atoms with Gasteiger partial charge in [-0.25, -0.2) is 13.1 Å². The van der Waals surface area contributed by atoms with Crippen molar-refractivity contribution >= 4 is 10.0 Å². The number of aliphatic hydroxyl groups excluding tert-OH is 1. The van der Waals surface area contributed by atoms with Gasteiger partial charge >= 0.3 is 0 Å². The summed E-state index contributed by atoms with van der Waals surface area (Å²) >= 11 is 0. The number of aliphatic hydroxyl groups is 1. The summed E-state index contributed by atoms with van der Waals surface area (Å²) in [6.07, 6.45) is -0.767. The molecule has 0 unspecified atom stereocenters. The van der Waals surface area contributed by atoms with Crippen molar-refractivity contribution in [1.82, 2.24) is 4.72 Å². The fourth-order valence-corrected chi connectivity index (χ4v) is 2.61. The van der Waals surface area contributed by atoms with Crippen LogP contribution in [-0.2, 0) is 10.0 Å². The van der Waals surface area contributed by atoms with E-state index in [1.54, 1.807) is 6.07 Å². The summed E-state index contributed by atoms with van der Waals surface area (Å²) in [6.45, 7) is 1.42. The lowest BCUT2D eigenvalue weighted by atomic mass is 10.3. The van der Waals surface area contributed by atoms with E-state index in [9.17, 15) is 8.42 Å². The molecule has 0 fully saturated rings. The maximum Gasteiger partial charge on any atom is 0.244 e. The van der Waals surface area contributed by atoms with Crippen molar-refractivity contribution in [1.29, 1.82) is 0 Å². The minimum absolute atomic E-state index is 0.0231. The Morgan fingerprint density at radius 2 is 2.00 bits per heavy atom. The van der Waals surface area contributed by atoms with Crippen LogP contribution in [0.4, 0.5) is 0 Å². The van der Waals surface area contributed by atoms with Crippen LogP contribution in [0.3, 0.4) is 0 Å². The number of hydrogen-bond donors (Lipinski definition) is 2. The Bertz CT molecular complexity index is 498. The lowest BCUT2D eigenvalue weighted by Crippen LogP contribution is -2.30. The lowest BCUT2D eigenvalue weighted by Gasteiger charge is -2.12. The SMILES string of the molecule is COc1ccc(OC)c(S(=O)(=O)NC[C@@H](C)O)c1. The van der Waals surface area contributed by atoms with Crippen LogP contribution in [0.25, 0.3) is 0 Å². The first-order valence-corrected chi connectivity index (χ1v) is 6.78. The summed E-state index contributed by atoms with van der Waals surface area (Å²) in [7, 11) is -0.915. The molecule has 1 aromatic carbocycles. The second kappa shape index (κ2) is 6.03. The summed E-state index contributed by atoms with van der Waals surface area (Å²) in [5.74, 6) is 0.627. The summed E-state index contributed by atoms with van der Waals surface area (Å²) in [5, 5.41) is 9.11. The van der Waals surface area contributed by atoms with Gasteiger partial charge in [0, 0.05) is 12.6 Å². The molecule has 102 valence electrons. The average molecular weight is 275 g/mol. The molecule has 2 N–H and O–H groups in total. The second-order valence-electron chi connectivity index (χ2n) is 3.72. The van der Waals surface area contributed by atoms with Crippen LogP contribution in [0.2, 0.25) is 0 Å². The van der Waals surface area contributed by atoms with Crippen molar-refractivity contribution in [3.8, 4) is 11.5 Å². The summed E-state index contributed by atoms with van der Waals surface area (Å²) in [5.41, 5.74) is 0. The van der Waals surface area contributed by atoms with Crippen LogP contribution in [0.15, 0.2) is 23.1 Å². The molecule has 0 aliphatic carbocycles. The summed E-state index contributed by atoms with van der Waals surface area (Å²) < 4.78 is 36.3. The molecule has 0 saturated carbocycles. The van der Waals surface area contributed by atoms with E-state index in [-0.39, 0.29) is 17.2 Å². The first-order valence-electron chi connectivity index (χ1n) is 5.30. The van der Waals surface area contributed by atoms with E-state index in [2.05, 4.69) is 4.72 Å². The second-order valence-corrected chi connectivity index (χ2v) is 5.45. The van der Waals surface area contributed by atoms with E-state index in [0.717, 1.165) is 0 Å². The van der Waals surface area contributed by atoms with E-state index in [1.165, 1.54) is 33.3 Å². The predicted octanol–water partition coefficient (Wildman–Crippen LogP) is 0.363. The third-order valence-corrected chi connectivity index (χ3v) is 3.67. The van der Waals surface area contributed by atoms with Crippen LogP contribution < -0.4 is 14.2 Å². The number of hydrogen-bond acceptors (Lipinski definition) is 5. The van der Waals surface area contributed by atoms with Gasteiger partial charge in [0.15, 0.2) is 0 Å². The van der Waals surface area contributed by atoms with Crippen molar-refractivity contribution in [2.45, 2.75) is 17.9 Å². The first kappa shape index (κ1) is 14.7. The fraction of sp³-hybridized carbons (Fsp3) is 0.455. The monoisotopic (exact) mass is 275 g/mol. The largest absolute Gasteiger partial charge is 0.497 e. The molecule has 1 rings (SSSR count). The highest BCUT2D eigenvalue weighted by atomic mass is 32.2. The topological polar surface area (TPSA) is 84.9 Å². The minimum atomic E-state index is -3.75. The van der Waals surface area contributed by atoms with Crippen LogP contribution in [0.5, 0.6) is 11.5 Å². The van der Waals surface area contributed by atoms with Crippen molar-refractivity contribution in [2.75, 3.05) is 20.8 Å². The van der Waals surface area contributed by atoms with Gasteiger partial charge in [-0.05, 0) is 19.1 Å². The number of sulfonamides is 1. The molecule has 0 bridgehead atoms. The molecule has 0 heterocycles. The van der Waals surface area contributed by atoms with Gasteiger partial charge in [0.05, 0.1) is 20.3 Å². The molecule has 7 heteroatoms. The van der Waals surface area contributed by atoms with Crippen molar-refractivity contribution < 1.29 is 23.0 Å². The van der Waals surface area contributed by atoms with Gasteiger partial charge in [-0.2, -0.15) is 0 Å². The quantitative estimate of drug-likeness (QED) is 0.783. The maximum atomic E-state index is 12.0. The van der Waals surface area contributed by atoms with Crippen molar-refractivity contribution in [3.63, 3.8) is 0 Å². The number of benzene rings is 1. The summed E-state index contributed by atoms with van der Waals surface area (Å²) in [4.78, 5) is -0.0231. The maximum absolute atomic E-state index is 12.0. The number of nitrogens with one attached hydrogen (secondary N) is 1. The van der Waals surface area contributed by atoms with Crippen molar-refractivity contribution in [3.05, 3.63) is 18.2 Å². The highest BCUT2D eigenvalue weighted by molar-refractivity contribution is 7.89. The molecule has 0 aliphatic rings. The Morgan fingerprint density at radius 3 is 2.50 bits per heavy atom. The molecule has 1 atom stereocenters. The minimum Gasteiger partial charge on any atom is -0.497 e. The smallest absolute Gasteiger partial charge is 0.244 e. The summed E-state index contributed by atoms with van der Waals surface area (Å²) in [6, 6.07) is 4.48. The van der Waals surface area contributed by atoms with Gasteiger partial charge in [-0.3, -0.25) is 0 Å². The Morgan fingerprint density at radius 1 is 1.33 bits per heavy atom. The fourth-order valence-electron chi connectivity index (χ4n) is 1.30. The Kier molecular flexibility index (Phi) is 4.94. The normalized spacial score (nSPS) is 13.1. The highest BCUT2D eigenvalue weighted by Gasteiger charge is 2.20. The van der Waals surface area contributed by atoms with E-state index < -0.39 is 16.1 Å². The predicted molar refractivity (Wildman–Crippen MR) is 66.4 cm³/mol. The Balaban J connectivity index is 3.12. The highest BCUT2D eigenvalue weighted by Crippen LogP contribution is 2.27. The zero-order valence-corrected chi connectivity index (χ0v) is 11.3. The molecule has 0 amide bonds. The zero-order valence-electron chi connectivity index (χ0n) is 10.5. The first-order chi connectivity index (χ1) is 8.40. The van der Waals surface area contributed by atoms with Crippen molar-refractivity contribution in [2.24, 2.45) is 0 Å². The van der Waals surface area contributed by atoms with Gasteiger partial charge in [0.25, 0.3) is 0 Å². The van der Waals surface area contributed by atoms with Crippen LogP contribution in [0, 0.1) is 0 Å². The van der Waals surface area contributed by atoms with Gasteiger partial charge in [-0.15, -0.1) is 0 Å². The Labute approximate surface area is 107 Å². The van der Waals surface area contributed by atoms with Gasteiger partial charge in [0.2, 0.25) is 10.0 Å². The zero-order chi connectivity index (χ0) is 13.8. The molecule has 0 aliphatic heterocycles. The molecular weight excluding hydrogens is 258 g/mol. The van der Waals surface area contributed by atoms with E-state index in [0.29, 0.717) is 5.75 Å². The third kappa shape index (κ3) is 3.59. The molecule has 1 aromatic rings. The third-order valence-electron chi connectivity index (χ3n) is 2.23. The number of ether oxygens (including phenoxy) is 2. The molecular formula is C11H17NO5S.